The van der Waals surface area contributed by atoms with E-state index in [2.05, 4.69) is 0 Å². The number of hydrogen-bond donors (Lipinski definition) is 1. The highest BCUT2D eigenvalue weighted by Gasteiger charge is 2.24. The summed E-state index contributed by atoms with van der Waals surface area (Å²) in [5.41, 5.74) is 6.06. The van der Waals surface area contributed by atoms with Gasteiger partial charge in [-0.15, -0.1) is 0 Å². The fraction of sp³-hybridized carbons (Fsp3) is 0.538. The zero-order valence-corrected chi connectivity index (χ0v) is 11.8. The average molecular weight is 288 g/mol. The van der Waals surface area contributed by atoms with E-state index in [0.29, 0.717) is 5.69 Å². The van der Waals surface area contributed by atoms with Crippen molar-refractivity contribution in [3.8, 4) is 0 Å². The highest BCUT2D eigenvalue weighted by Crippen LogP contribution is 2.30. The molecule has 100 valence electrons. The Morgan fingerprint density at radius 1 is 1.22 bits per heavy atom. The van der Waals surface area contributed by atoms with E-state index in [1.807, 2.05) is 0 Å². The van der Waals surface area contributed by atoms with Gasteiger partial charge in [0.25, 0.3) is 0 Å². The van der Waals surface area contributed by atoms with Gasteiger partial charge in [0, 0.05) is 5.69 Å². The van der Waals surface area contributed by atoms with Crippen LogP contribution in [-0.2, 0) is 9.84 Å². The van der Waals surface area contributed by atoms with Gasteiger partial charge in [0.1, 0.15) is 0 Å². The summed E-state index contributed by atoms with van der Waals surface area (Å²) in [4.78, 5) is 0.212. The maximum atomic E-state index is 12.3. The summed E-state index contributed by atoms with van der Waals surface area (Å²) in [5, 5.41) is 0.228. The molecule has 0 unspecified atom stereocenters. The van der Waals surface area contributed by atoms with Gasteiger partial charge in [-0.05, 0) is 37.0 Å². The largest absolute Gasteiger partial charge is 0.399 e. The van der Waals surface area contributed by atoms with Crippen molar-refractivity contribution >= 4 is 27.1 Å². The quantitative estimate of drug-likeness (QED) is 0.868. The average Bonchev–Trinajstić information content (AvgIpc) is 2.29. The fourth-order valence-corrected chi connectivity index (χ4v) is 4.83. The second-order valence-electron chi connectivity index (χ2n) is 4.98. The maximum Gasteiger partial charge on any atom is 0.180 e. The Hall–Kier alpha value is -0.740. The Morgan fingerprint density at radius 3 is 2.50 bits per heavy atom. The Morgan fingerprint density at radius 2 is 1.89 bits per heavy atom. The number of benzene rings is 1. The van der Waals surface area contributed by atoms with Crippen molar-refractivity contribution < 1.29 is 8.42 Å². The number of rotatable bonds is 3. The predicted molar refractivity (Wildman–Crippen MR) is 74.5 cm³/mol. The van der Waals surface area contributed by atoms with Gasteiger partial charge in [-0.25, -0.2) is 8.42 Å². The summed E-state index contributed by atoms with van der Waals surface area (Å²) >= 11 is 5.97. The molecule has 0 amide bonds. The normalized spacial score (nSPS) is 17.8. The van der Waals surface area contributed by atoms with Crippen molar-refractivity contribution in [2.24, 2.45) is 5.92 Å². The SMILES string of the molecule is Nc1ccc(S(=O)(=O)CC2CCCCC2)c(Cl)c1. The molecule has 2 N–H and O–H groups in total. The van der Waals surface area contributed by atoms with Crippen LogP contribution in [0.1, 0.15) is 32.1 Å². The van der Waals surface area contributed by atoms with E-state index in [0.717, 1.165) is 25.7 Å². The molecule has 1 aromatic rings. The molecule has 0 heterocycles. The van der Waals surface area contributed by atoms with Gasteiger partial charge < -0.3 is 5.73 Å². The second kappa shape index (κ2) is 5.49. The van der Waals surface area contributed by atoms with Crippen LogP contribution >= 0.6 is 11.6 Å². The first-order valence-corrected chi connectivity index (χ1v) is 8.30. The molecule has 1 fully saturated rings. The van der Waals surface area contributed by atoms with Crippen LogP contribution in [0.3, 0.4) is 0 Å². The summed E-state index contributed by atoms with van der Waals surface area (Å²) in [7, 11) is -3.29. The van der Waals surface area contributed by atoms with Crippen LogP contribution in [0.25, 0.3) is 0 Å². The number of sulfone groups is 1. The molecule has 3 nitrogen and oxygen atoms in total. The van der Waals surface area contributed by atoms with Gasteiger partial charge in [0.2, 0.25) is 0 Å². The maximum absolute atomic E-state index is 12.3. The molecule has 0 aliphatic heterocycles. The van der Waals surface area contributed by atoms with Gasteiger partial charge >= 0.3 is 0 Å². The number of anilines is 1. The van der Waals surface area contributed by atoms with Crippen LogP contribution in [0, 0.1) is 5.92 Å². The molecule has 0 atom stereocenters. The highest BCUT2D eigenvalue weighted by molar-refractivity contribution is 7.91. The van der Waals surface area contributed by atoms with Crippen LogP contribution in [0.15, 0.2) is 23.1 Å². The Balaban J connectivity index is 2.19. The van der Waals surface area contributed by atoms with Crippen molar-refractivity contribution in [3.63, 3.8) is 0 Å². The summed E-state index contributed by atoms with van der Waals surface area (Å²) in [5.74, 6) is 0.480. The Labute approximate surface area is 113 Å². The molecule has 0 bridgehead atoms. The first-order chi connectivity index (χ1) is 8.49. The lowest BCUT2D eigenvalue weighted by Crippen LogP contribution is -2.19. The number of nitrogen functional groups attached to an aromatic ring is 1. The summed E-state index contributed by atoms with van der Waals surface area (Å²) < 4.78 is 24.6. The summed E-state index contributed by atoms with van der Waals surface area (Å²) in [6.07, 6.45) is 5.50. The van der Waals surface area contributed by atoms with Gasteiger partial charge in [-0.2, -0.15) is 0 Å². The molecule has 5 heteroatoms. The lowest BCUT2D eigenvalue weighted by atomic mass is 9.91. The number of halogens is 1. The van der Waals surface area contributed by atoms with Crippen LogP contribution in [-0.4, -0.2) is 14.2 Å². The molecule has 0 radical (unpaired) electrons. The van der Waals surface area contributed by atoms with Gasteiger partial charge in [-0.1, -0.05) is 30.9 Å². The van der Waals surface area contributed by atoms with Crippen molar-refractivity contribution in [3.05, 3.63) is 23.2 Å². The molecule has 0 aromatic heterocycles. The minimum atomic E-state index is -3.29. The summed E-state index contributed by atoms with van der Waals surface area (Å²) in [6, 6.07) is 4.59. The van der Waals surface area contributed by atoms with Crippen molar-refractivity contribution in [2.75, 3.05) is 11.5 Å². The van der Waals surface area contributed by atoms with E-state index in [1.54, 1.807) is 6.07 Å². The smallest absolute Gasteiger partial charge is 0.180 e. The Kier molecular flexibility index (Phi) is 4.17. The van der Waals surface area contributed by atoms with E-state index >= 15 is 0 Å². The highest BCUT2D eigenvalue weighted by atomic mass is 35.5. The van der Waals surface area contributed by atoms with Crippen molar-refractivity contribution in [1.82, 2.24) is 0 Å². The zero-order chi connectivity index (χ0) is 13.2. The van der Waals surface area contributed by atoms with Crippen molar-refractivity contribution in [1.29, 1.82) is 0 Å². The van der Waals surface area contributed by atoms with E-state index in [4.69, 9.17) is 17.3 Å². The minimum absolute atomic E-state index is 0.205. The van der Waals surface area contributed by atoms with E-state index < -0.39 is 9.84 Å². The van der Waals surface area contributed by atoms with E-state index in [1.165, 1.54) is 18.6 Å². The molecular formula is C13H18ClNO2S. The lowest BCUT2D eigenvalue weighted by Gasteiger charge is -2.21. The molecular weight excluding hydrogens is 270 g/mol. The van der Waals surface area contributed by atoms with Gasteiger partial charge in [0.15, 0.2) is 9.84 Å². The first-order valence-electron chi connectivity index (χ1n) is 6.27. The minimum Gasteiger partial charge on any atom is -0.399 e. The topological polar surface area (TPSA) is 60.2 Å². The molecule has 18 heavy (non-hydrogen) atoms. The lowest BCUT2D eigenvalue weighted by molar-refractivity contribution is 0.385. The predicted octanol–water partition coefficient (Wildman–Crippen LogP) is 3.28. The van der Waals surface area contributed by atoms with Crippen LogP contribution in [0.4, 0.5) is 5.69 Å². The third-order valence-corrected chi connectivity index (χ3v) is 5.83. The van der Waals surface area contributed by atoms with Crippen molar-refractivity contribution in [2.45, 2.75) is 37.0 Å². The molecule has 1 aliphatic carbocycles. The summed E-state index contributed by atoms with van der Waals surface area (Å²) in [6.45, 7) is 0. The van der Waals surface area contributed by atoms with Crippen LogP contribution < -0.4 is 5.73 Å². The molecule has 0 spiro atoms. The van der Waals surface area contributed by atoms with Gasteiger partial charge in [0.05, 0.1) is 15.7 Å². The number of hydrogen-bond acceptors (Lipinski definition) is 3. The number of nitrogens with two attached hydrogens (primary N) is 1. The standard InChI is InChI=1S/C13H18ClNO2S/c14-12-8-11(15)6-7-13(12)18(16,17)9-10-4-2-1-3-5-10/h6-8,10H,1-5,9,15H2. The molecule has 1 aliphatic rings. The molecule has 1 saturated carbocycles. The Bertz CT molecular complexity index is 522. The first kappa shape index (κ1) is 13.7. The monoisotopic (exact) mass is 287 g/mol. The van der Waals surface area contributed by atoms with E-state index in [-0.39, 0.29) is 21.6 Å². The molecule has 0 saturated heterocycles. The van der Waals surface area contributed by atoms with E-state index in [9.17, 15) is 8.42 Å². The van der Waals surface area contributed by atoms with Crippen LogP contribution in [0.2, 0.25) is 5.02 Å². The molecule has 2 rings (SSSR count). The third-order valence-electron chi connectivity index (χ3n) is 3.47. The third kappa shape index (κ3) is 3.18. The van der Waals surface area contributed by atoms with Gasteiger partial charge in [-0.3, -0.25) is 0 Å². The second-order valence-corrected chi connectivity index (χ2v) is 7.39. The van der Waals surface area contributed by atoms with Crippen LogP contribution in [0.5, 0.6) is 0 Å². The zero-order valence-electron chi connectivity index (χ0n) is 10.2. The fourth-order valence-electron chi connectivity index (χ4n) is 2.52. The molecule has 1 aromatic carbocycles.